The largest absolute Gasteiger partial charge is 0.872 e. The van der Waals surface area contributed by atoms with Crippen molar-refractivity contribution in [1.29, 1.82) is 0 Å². The summed E-state index contributed by atoms with van der Waals surface area (Å²) in [5.41, 5.74) is 2.81. The highest BCUT2D eigenvalue weighted by Gasteiger charge is 2.22. The van der Waals surface area contributed by atoms with Gasteiger partial charge in [-0.05, 0) is 105 Å². The number of hydrogen-bond donors (Lipinski definition) is 4. The molecular weight excluding hydrogens is 711 g/mol. The van der Waals surface area contributed by atoms with Gasteiger partial charge >= 0.3 is 0 Å². The first-order chi connectivity index (χ1) is 24.4. The predicted molar refractivity (Wildman–Crippen MR) is 185 cm³/mol. The molecule has 5 aromatic rings. The molecule has 0 spiro atoms. The molecule has 1 aliphatic carbocycles. The number of carbonyl (C=O) groups is 1. The Hall–Kier alpha value is -5.41. The van der Waals surface area contributed by atoms with Gasteiger partial charge in [0.15, 0.2) is 0 Å². The molecule has 1 amide bonds. The number of fused-ring (bicyclic) bond motifs is 8. The molecule has 8 bridgehead atoms. The number of likely N-dealkylation sites (N-methyl/N-ethyl adjacent to an activating group) is 1. The second kappa shape index (κ2) is 13.6. The lowest BCUT2D eigenvalue weighted by molar-refractivity contribution is -0.270. The number of phenols is 3. The van der Waals surface area contributed by atoms with Crippen LogP contribution in [-0.4, -0.2) is 54.2 Å². The third kappa shape index (κ3) is 7.46. The molecule has 1 aliphatic rings. The first kappa shape index (κ1) is 36.4. The molecule has 0 aromatic heterocycles. The summed E-state index contributed by atoms with van der Waals surface area (Å²) < 4.78 is 73.8. The summed E-state index contributed by atoms with van der Waals surface area (Å²) in [5, 5.41) is 51.0. The van der Waals surface area contributed by atoms with Crippen LogP contribution in [0.1, 0.15) is 55.6 Å². The molecule has 0 saturated heterocycles. The zero-order valence-corrected chi connectivity index (χ0v) is 29.5. The first-order valence-corrected chi connectivity index (χ1v) is 18.8. The summed E-state index contributed by atoms with van der Waals surface area (Å²) in [6.45, 7) is 1.69. The summed E-state index contributed by atoms with van der Waals surface area (Å²) in [4.78, 5) is 10.6. The molecular formula is C38H32NO11S2-3. The lowest BCUT2D eigenvalue weighted by atomic mass is 9.89. The number of hydrogen-bond acceptors (Lipinski definition) is 11. The highest BCUT2D eigenvalue weighted by atomic mass is 32.2. The third-order valence-corrected chi connectivity index (χ3v) is 10.8. The monoisotopic (exact) mass is 742 g/mol. The van der Waals surface area contributed by atoms with Gasteiger partial charge in [0.1, 0.15) is 37.5 Å². The van der Waals surface area contributed by atoms with Gasteiger partial charge < -0.3 is 34.8 Å². The van der Waals surface area contributed by atoms with Crippen molar-refractivity contribution in [2.24, 2.45) is 0 Å². The quantitative estimate of drug-likeness (QED) is 0.187. The van der Waals surface area contributed by atoms with Crippen molar-refractivity contribution in [2.75, 3.05) is 7.05 Å². The number of phenolic OH excluding ortho intramolecular Hbond substituents is 3. The van der Waals surface area contributed by atoms with Crippen LogP contribution in [0.15, 0.2) is 82.6 Å². The van der Waals surface area contributed by atoms with Crippen LogP contribution in [0.3, 0.4) is 0 Å². The normalized spacial score (nSPS) is 13.1. The predicted octanol–water partition coefficient (Wildman–Crippen LogP) is 3.63. The van der Waals surface area contributed by atoms with E-state index in [0.717, 1.165) is 24.3 Å². The van der Waals surface area contributed by atoms with E-state index in [-0.39, 0.29) is 99.8 Å². The summed E-state index contributed by atoms with van der Waals surface area (Å²) in [6, 6.07) is 17.1. The van der Waals surface area contributed by atoms with Crippen molar-refractivity contribution in [3.8, 4) is 34.1 Å². The third-order valence-electron chi connectivity index (χ3n) is 9.17. The Balaban J connectivity index is 1.63. The Morgan fingerprint density at radius 3 is 1.38 bits per heavy atom. The maximum atomic E-state index is 13.9. The summed E-state index contributed by atoms with van der Waals surface area (Å²) in [5.74, 6) is -1.86. The molecule has 52 heavy (non-hydrogen) atoms. The average molecular weight is 743 g/mol. The fraction of sp³-hybridized carbons (Fsp3) is 0.184. The van der Waals surface area contributed by atoms with Crippen LogP contribution in [0.4, 0.5) is 0 Å². The molecule has 270 valence electrons. The topological polar surface area (TPSA) is 227 Å². The maximum absolute atomic E-state index is 13.9. The fourth-order valence-corrected chi connectivity index (χ4v) is 7.73. The Labute approximate surface area is 300 Å². The molecule has 6 rings (SSSR count). The molecule has 5 aromatic carbocycles. The van der Waals surface area contributed by atoms with Crippen molar-refractivity contribution < 1.29 is 51.2 Å². The number of benzene rings is 5. The molecule has 14 heteroatoms. The van der Waals surface area contributed by atoms with Crippen LogP contribution in [0.25, 0.3) is 11.1 Å². The molecule has 0 atom stereocenters. The zero-order valence-electron chi connectivity index (χ0n) is 27.9. The van der Waals surface area contributed by atoms with Crippen LogP contribution in [0.2, 0.25) is 0 Å². The van der Waals surface area contributed by atoms with Crippen molar-refractivity contribution in [2.45, 2.75) is 48.8 Å². The van der Waals surface area contributed by atoms with Crippen molar-refractivity contribution in [3.05, 3.63) is 128 Å². The van der Waals surface area contributed by atoms with Gasteiger partial charge in [-0.3, -0.25) is 4.79 Å². The van der Waals surface area contributed by atoms with E-state index in [1.165, 1.54) is 7.05 Å². The minimum atomic E-state index is -5.06. The number of carbonyl (C=O) groups excluding carboxylic acids is 1. The second-order valence-electron chi connectivity index (χ2n) is 12.9. The van der Waals surface area contributed by atoms with Gasteiger partial charge in [0, 0.05) is 32.7 Å². The van der Waals surface area contributed by atoms with Gasteiger partial charge in [-0.2, -0.15) is 0 Å². The van der Waals surface area contributed by atoms with E-state index in [1.807, 2.05) is 0 Å². The second-order valence-corrected chi connectivity index (χ2v) is 15.7. The molecule has 4 N–H and O–H groups in total. The summed E-state index contributed by atoms with van der Waals surface area (Å²) in [6.07, 6.45) is -1.10. The maximum Gasteiger partial charge on any atom is 0.224 e. The van der Waals surface area contributed by atoms with E-state index in [9.17, 15) is 51.2 Å². The van der Waals surface area contributed by atoms with E-state index < -0.39 is 35.8 Å². The highest BCUT2D eigenvalue weighted by molar-refractivity contribution is 7.86. The zero-order chi connectivity index (χ0) is 37.7. The lowest BCUT2D eigenvalue weighted by Gasteiger charge is -2.24. The highest BCUT2D eigenvalue weighted by Crippen LogP contribution is 2.40. The van der Waals surface area contributed by atoms with Gasteiger partial charge in [-0.1, -0.05) is 42.0 Å². The van der Waals surface area contributed by atoms with Gasteiger partial charge in [-0.25, -0.2) is 16.8 Å². The van der Waals surface area contributed by atoms with Crippen LogP contribution < -0.4 is 10.4 Å². The van der Waals surface area contributed by atoms with Crippen molar-refractivity contribution in [1.82, 2.24) is 5.32 Å². The van der Waals surface area contributed by atoms with Crippen molar-refractivity contribution in [3.63, 3.8) is 0 Å². The molecule has 0 saturated carbocycles. The van der Waals surface area contributed by atoms with Crippen LogP contribution in [0.5, 0.6) is 23.0 Å². The minimum Gasteiger partial charge on any atom is -0.872 e. The number of aryl methyl sites for hydroxylation is 1. The van der Waals surface area contributed by atoms with E-state index in [4.69, 9.17) is 0 Å². The Morgan fingerprint density at radius 1 is 0.615 bits per heavy atom. The number of rotatable bonds is 5. The van der Waals surface area contributed by atoms with E-state index in [1.54, 1.807) is 55.5 Å². The van der Waals surface area contributed by atoms with E-state index in [2.05, 4.69) is 5.32 Å². The lowest BCUT2D eigenvalue weighted by Crippen LogP contribution is -2.19. The minimum absolute atomic E-state index is 0.0142. The molecule has 0 unspecified atom stereocenters. The molecule has 0 radical (unpaired) electrons. The smallest absolute Gasteiger partial charge is 0.224 e. The first-order valence-electron chi connectivity index (χ1n) is 16.0. The van der Waals surface area contributed by atoms with Gasteiger partial charge in [0.25, 0.3) is 0 Å². The Kier molecular flexibility index (Phi) is 9.53. The number of amides is 1. The summed E-state index contributed by atoms with van der Waals surface area (Å²) in [7, 11) is -8.58. The average Bonchev–Trinajstić information content (AvgIpc) is 3.07. The number of aromatic hydroxyl groups is 3. The van der Waals surface area contributed by atoms with Gasteiger partial charge in [0.2, 0.25) is 5.91 Å². The molecule has 0 heterocycles. The molecule has 0 aliphatic heterocycles. The van der Waals surface area contributed by atoms with Crippen LogP contribution in [0, 0.1) is 6.92 Å². The Bertz CT molecular complexity index is 2360. The fourth-order valence-electron chi connectivity index (χ4n) is 6.58. The van der Waals surface area contributed by atoms with E-state index in [0.29, 0.717) is 22.3 Å². The SMILES string of the molecule is CNC(=O)Cc1ccc(-c2cc3c(O)c(c2)Cc2cc(S(=O)(=O)[O-])cc(c2O)Cc2cc(C)cc(c2O)Cc2cc(S(=O)(=O)[O-])cc(c2[O-])C3)cc1. The van der Waals surface area contributed by atoms with E-state index >= 15 is 0 Å². The van der Waals surface area contributed by atoms with Gasteiger partial charge in [-0.15, -0.1) is 5.75 Å². The van der Waals surface area contributed by atoms with Gasteiger partial charge in [0.05, 0.1) is 16.2 Å². The molecule has 12 nitrogen and oxygen atoms in total. The Morgan fingerprint density at radius 2 is 0.981 bits per heavy atom. The molecule has 0 fully saturated rings. The van der Waals surface area contributed by atoms with Crippen molar-refractivity contribution >= 4 is 26.1 Å². The summed E-state index contributed by atoms with van der Waals surface area (Å²) >= 11 is 0. The van der Waals surface area contributed by atoms with Crippen LogP contribution in [-0.2, 0) is 57.1 Å². The van der Waals surface area contributed by atoms with Crippen LogP contribution >= 0.6 is 0 Å². The standard InChI is InChI=1S/C38H35NO11S2/c1-20-7-24-12-28-16-32(51(45,46)47)18-30(37(28)43)14-26-10-23(22-5-3-21(4-6-22)9-34(40)39-2)11-27(36(26)42)15-31-19-33(52(48,49)50)17-29(38(31)44)13-25(8-20)35(24)41/h3-8,10-11,16-19,41-44H,9,12-15H2,1-2H3,(H,39,40)(H,45,46,47)(H,48,49,50)/p-3. The number of nitrogens with one attached hydrogen (secondary N) is 1.